The van der Waals surface area contributed by atoms with E-state index in [1.807, 2.05) is 30.3 Å². The van der Waals surface area contributed by atoms with Gasteiger partial charge in [0.2, 0.25) is 0 Å². The van der Waals surface area contributed by atoms with E-state index in [1.165, 1.54) is 24.8 Å². The lowest BCUT2D eigenvalue weighted by Crippen LogP contribution is -1.90. The molecule has 0 amide bonds. The molecule has 0 aliphatic carbocycles. The first-order valence-corrected chi connectivity index (χ1v) is 9.04. The average molecular weight is 351 g/mol. The lowest BCUT2D eigenvalue weighted by molar-refractivity contribution is 0.636. The summed E-state index contributed by atoms with van der Waals surface area (Å²) in [4.78, 5) is 0. The summed E-state index contributed by atoms with van der Waals surface area (Å²) in [5.74, 6) is 5.67. The van der Waals surface area contributed by atoms with Crippen molar-refractivity contribution in [1.82, 2.24) is 0 Å². The molecular weight excluding hydrogens is 331 g/mol. The standard InChI is InChI=1S/C23H20ClF/c1-2-3-4-5-18-9-15-22-20(16-18)12-11-19(23(22)25)10-6-17-7-13-21(24)14-8-17/h7-9,11-16H,2-5H2,1H3. The van der Waals surface area contributed by atoms with Gasteiger partial charge in [-0.15, -0.1) is 0 Å². The molecule has 0 heterocycles. The molecule has 0 atom stereocenters. The van der Waals surface area contributed by atoms with Gasteiger partial charge in [-0.3, -0.25) is 0 Å². The minimum absolute atomic E-state index is 0.251. The van der Waals surface area contributed by atoms with Crippen molar-refractivity contribution in [3.63, 3.8) is 0 Å². The molecule has 0 radical (unpaired) electrons. The van der Waals surface area contributed by atoms with E-state index < -0.39 is 0 Å². The summed E-state index contributed by atoms with van der Waals surface area (Å²) in [5.41, 5.74) is 2.50. The Labute approximate surface area is 153 Å². The Hall–Kier alpha value is -2.30. The minimum Gasteiger partial charge on any atom is -0.205 e. The number of rotatable bonds is 4. The summed E-state index contributed by atoms with van der Waals surface area (Å²) in [7, 11) is 0. The van der Waals surface area contributed by atoms with Crippen molar-refractivity contribution in [3.05, 3.63) is 82.1 Å². The van der Waals surface area contributed by atoms with Crippen LogP contribution in [0.15, 0.2) is 54.6 Å². The summed E-state index contributed by atoms with van der Waals surface area (Å²) in [5, 5.41) is 2.22. The molecule has 3 rings (SSSR count). The summed E-state index contributed by atoms with van der Waals surface area (Å²) >= 11 is 5.86. The maximum atomic E-state index is 14.8. The Morgan fingerprint density at radius 1 is 0.920 bits per heavy atom. The molecule has 0 spiro atoms. The predicted octanol–water partition coefficient (Wildman–Crippen LogP) is 6.76. The van der Waals surface area contributed by atoms with Crippen LogP contribution in [0.2, 0.25) is 5.02 Å². The highest BCUT2D eigenvalue weighted by Crippen LogP contribution is 2.23. The van der Waals surface area contributed by atoms with Crippen molar-refractivity contribution < 1.29 is 4.39 Å². The Morgan fingerprint density at radius 2 is 1.72 bits per heavy atom. The van der Waals surface area contributed by atoms with Crippen molar-refractivity contribution in [2.24, 2.45) is 0 Å². The quantitative estimate of drug-likeness (QED) is 0.360. The minimum atomic E-state index is -0.251. The van der Waals surface area contributed by atoms with E-state index in [9.17, 15) is 4.39 Å². The third-order valence-electron chi connectivity index (χ3n) is 4.27. The topological polar surface area (TPSA) is 0 Å². The molecule has 0 aliphatic rings. The second-order valence-corrected chi connectivity index (χ2v) is 6.63. The van der Waals surface area contributed by atoms with Crippen molar-refractivity contribution in [2.45, 2.75) is 32.6 Å². The third kappa shape index (κ3) is 4.41. The Morgan fingerprint density at radius 3 is 2.48 bits per heavy atom. The largest absolute Gasteiger partial charge is 0.205 e. The molecule has 0 aliphatic heterocycles. The number of benzene rings is 3. The van der Waals surface area contributed by atoms with Crippen LogP contribution in [0.1, 0.15) is 42.9 Å². The summed E-state index contributed by atoms with van der Waals surface area (Å²) in [6, 6.07) is 16.9. The van der Waals surface area contributed by atoms with Gasteiger partial charge in [0.1, 0.15) is 5.82 Å². The number of unbranched alkanes of at least 4 members (excludes halogenated alkanes) is 2. The van der Waals surface area contributed by atoms with Crippen LogP contribution in [0, 0.1) is 17.7 Å². The maximum absolute atomic E-state index is 14.8. The number of hydrogen-bond donors (Lipinski definition) is 0. The van der Waals surface area contributed by atoms with Crippen LogP contribution < -0.4 is 0 Å². The Bertz CT molecular complexity index is 930. The second-order valence-electron chi connectivity index (χ2n) is 6.20. The highest BCUT2D eigenvalue weighted by molar-refractivity contribution is 6.30. The van der Waals surface area contributed by atoms with Gasteiger partial charge in [-0.05, 0) is 54.1 Å². The molecule has 0 aromatic heterocycles. The van der Waals surface area contributed by atoms with Gasteiger partial charge < -0.3 is 0 Å². The van der Waals surface area contributed by atoms with Gasteiger partial charge in [0.15, 0.2) is 0 Å². The number of fused-ring (bicyclic) bond motifs is 1. The fourth-order valence-electron chi connectivity index (χ4n) is 2.85. The first-order valence-electron chi connectivity index (χ1n) is 8.66. The number of halogens is 2. The van der Waals surface area contributed by atoms with Gasteiger partial charge in [-0.2, -0.15) is 0 Å². The molecule has 3 aromatic carbocycles. The monoisotopic (exact) mass is 350 g/mol. The first-order chi connectivity index (χ1) is 12.2. The molecule has 0 saturated heterocycles. The van der Waals surface area contributed by atoms with E-state index in [1.54, 1.807) is 18.2 Å². The fourth-order valence-corrected chi connectivity index (χ4v) is 2.97. The van der Waals surface area contributed by atoms with E-state index in [2.05, 4.69) is 24.8 Å². The van der Waals surface area contributed by atoms with Gasteiger partial charge in [-0.25, -0.2) is 4.39 Å². The lowest BCUT2D eigenvalue weighted by atomic mass is 10.0. The average Bonchev–Trinajstić information content (AvgIpc) is 2.63. The lowest BCUT2D eigenvalue weighted by Gasteiger charge is -2.06. The van der Waals surface area contributed by atoms with Crippen LogP contribution in [0.4, 0.5) is 4.39 Å². The fraction of sp³-hybridized carbons (Fsp3) is 0.217. The number of aryl methyl sites for hydroxylation is 1. The Kier molecular flexibility index (Phi) is 5.74. The van der Waals surface area contributed by atoms with Crippen LogP contribution in [0.3, 0.4) is 0 Å². The van der Waals surface area contributed by atoms with E-state index >= 15 is 0 Å². The van der Waals surface area contributed by atoms with Gasteiger partial charge in [-0.1, -0.05) is 67.5 Å². The molecule has 126 valence electrons. The maximum Gasteiger partial charge on any atom is 0.146 e. The Balaban J connectivity index is 1.87. The van der Waals surface area contributed by atoms with Crippen LogP contribution in [-0.4, -0.2) is 0 Å². The van der Waals surface area contributed by atoms with Crippen molar-refractivity contribution in [2.75, 3.05) is 0 Å². The van der Waals surface area contributed by atoms with E-state index in [0.29, 0.717) is 16.0 Å². The van der Waals surface area contributed by atoms with Crippen LogP contribution in [-0.2, 0) is 6.42 Å². The van der Waals surface area contributed by atoms with Gasteiger partial charge in [0.05, 0.1) is 5.56 Å². The van der Waals surface area contributed by atoms with Crippen LogP contribution in [0.5, 0.6) is 0 Å². The van der Waals surface area contributed by atoms with Crippen LogP contribution in [0.25, 0.3) is 10.8 Å². The molecule has 0 N–H and O–H groups in total. The smallest absolute Gasteiger partial charge is 0.146 e. The van der Waals surface area contributed by atoms with E-state index in [0.717, 1.165) is 17.4 Å². The summed E-state index contributed by atoms with van der Waals surface area (Å²) in [6.45, 7) is 2.20. The summed E-state index contributed by atoms with van der Waals surface area (Å²) < 4.78 is 14.8. The van der Waals surface area contributed by atoms with Gasteiger partial charge in [0, 0.05) is 16.0 Å². The molecule has 3 aromatic rings. The highest BCUT2D eigenvalue weighted by Gasteiger charge is 2.06. The predicted molar refractivity (Wildman–Crippen MR) is 105 cm³/mol. The second kappa shape index (κ2) is 8.19. The van der Waals surface area contributed by atoms with Crippen molar-refractivity contribution >= 4 is 22.4 Å². The normalized spacial score (nSPS) is 10.5. The molecule has 0 bridgehead atoms. The van der Waals surface area contributed by atoms with Crippen LogP contribution >= 0.6 is 11.6 Å². The van der Waals surface area contributed by atoms with E-state index in [4.69, 9.17) is 11.6 Å². The first kappa shape index (κ1) is 17.5. The van der Waals surface area contributed by atoms with Gasteiger partial charge in [0.25, 0.3) is 0 Å². The molecule has 0 unspecified atom stereocenters. The zero-order chi connectivity index (χ0) is 17.6. The number of hydrogen-bond acceptors (Lipinski definition) is 0. The molecule has 25 heavy (non-hydrogen) atoms. The third-order valence-corrected chi connectivity index (χ3v) is 4.53. The molecule has 2 heteroatoms. The molecule has 0 fully saturated rings. The zero-order valence-electron chi connectivity index (χ0n) is 14.3. The van der Waals surface area contributed by atoms with E-state index in [-0.39, 0.29) is 5.82 Å². The van der Waals surface area contributed by atoms with Crippen molar-refractivity contribution in [1.29, 1.82) is 0 Å². The zero-order valence-corrected chi connectivity index (χ0v) is 15.0. The van der Waals surface area contributed by atoms with Gasteiger partial charge >= 0.3 is 0 Å². The van der Waals surface area contributed by atoms with Crippen molar-refractivity contribution in [3.8, 4) is 11.8 Å². The highest BCUT2D eigenvalue weighted by atomic mass is 35.5. The SMILES string of the molecule is CCCCCc1ccc2c(F)c(C#Cc3ccc(Cl)cc3)ccc2c1. The molecule has 0 saturated carbocycles. The summed E-state index contributed by atoms with van der Waals surface area (Å²) in [6.07, 6.45) is 4.65. The molecular formula is C23H20ClF. The molecule has 0 nitrogen and oxygen atoms in total.